The number of halogens is 4. The SMILES string of the molecule is COCCOCCOc1cccc(Oc2ncc(C(F)(F)F)cc2Cl)c1. The third kappa shape index (κ3) is 6.36. The normalized spacial score (nSPS) is 11.4. The first kappa shape index (κ1) is 20.3. The highest BCUT2D eigenvalue weighted by Crippen LogP contribution is 2.35. The maximum absolute atomic E-state index is 12.6. The van der Waals surface area contributed by atoms with Crippen molar-refractivity contribution in [1.29, 1.82) is 0 Å². The number of aromatic nitrogens is 1. The first-order valence-electron chi connectivity index (χ1n) is 7.60. The number of alkyl halides is 3. The van der Waals surface area contributed by atoms with Crippen LogP contribution in [0.3, 0.4) is 0 Å². The number of nitrogens with zero attached hydrogens (tertiary/aromatic N) is 1. The lowest BCUT2D eigenvalue weighted by Gasteiger charge is -2.11. The van der Waals surface area contributed by atoms with Gasteiger partial charge in [0.2, 0.25) is 5.88 Å². The van der Waals surface area contributed by atoms with Gasteiger partial charge in [-0.1, -0.05) is 17.7 Å². The third-order valence-electron chi connectivity index (χ3n) is 3.08. The van der Waals surface area contributed by atoms with Crippen molar-refractivity contribution in [2.24, 2.45) is 0 Å². The molecule has 0 fully saturated rings. The topological polar surface area (TPSA) is 49.8 Å². The van der Waals surface area contributed by atoms with Crippen LogP contribution in [-0.4, -0.2) is 38.5 Å². The van der Waals surface area contributed by atoms with E-state index in [0.717, 1.165) is 6.07 Å². The van der Waals surface area contributed by atoms with E-state index in [1.54, 1.807) is 31.4 Å². The summed E-state index contributed by atoms with van der Waals surface area (Å²) in [6, 6.07) is 7.34. The summed E-state index contributed by atoms with van der Waals surface area (Å²) in [7, 11) is 1.59. The lowest BCUT2D eigenvalue weighted by Crippen LogP contribution is -2.10. The monoisotopic (exact) mass is 391 g/mol. The van der Waals surface area contributed by atoms with Gasteiger partial charge in [0.05, 0.1) is 25.4 Å². The molecule has 1 aromatic carbocycles. The summed E-state index contributed by atoms with van der Waals surface area (Å²) in [6.07, 6.45) is -3.85. The smallest absolute Gasteiger partial charge is 0.417 e. The van der Waals surface area contributed by atoms with E-state index in [9.17, 15) is 13.2 Å². The average Bonchev–Trinajstić information content (AvgIpc) is 2.59. The van der Waals surface area contributed by atoms with E-state index < -0.39 is 11.7 Å². The van der Waals surface area contributed by atoms with Crippen molar-refractivity contribution in [1.82, 2.24) is 4.98 Å². The molecule has 0 saturated carbocycles. The molecule has 0 aliphatic rings. The van der Waals surface area contributed by atoms with Gasteiger partial charge in [0.15, 0.2) is 0 Å². The van der Waals surface area contributed by atoms with Gasteiger partial charge in [-0.25, -0.2) is 4.98 Å². The number of benzene rings is 1. The molecule has 0 bridgehead atoms. The maximum Gasteiger partial charge on any atom is 0.417 e. The van der Waals surface area contributed by atoms with Gasteiger partial charge < -0.3 is 18.9 Å². The number of hydrogen-bond acceptors (Lipinski definition) is 5. The van der Waals surface area contributed by atoms with Crippen molar-refractivity contribution in [2.75, 3.05) is 33.5 Å². The molecule has 0 amide bonds. The van der Waals surface area contributed by atoms with Crippen LogP contribution in [0.2, 0.25) is 5.02 Å². The van der Waals surface area contributed by atoms with Gasteiger partial charge in [0.1, 0.15) is 23.1 Å². The maximum atomic E-state index is 12.6. The van der Waals surface area contributed by atoms with Gasteiger partial charge in [-0.15, -0.1) is 0 Å². The van der Waals surface area contributed by atoms with E-state index in [2.05, 4.69) is 4.98 Å². The summed E-state index contributed by atoms with van der Waals surface area (Å²) >= 11 is 5.82. The standard InChI is InChI=1S/C17H17ClF3NO4/c1-23-5-6-24-7-8-25-13-3-2-4-14(10-13)26-16-15(18)9-12(11-22-16)17(19,20)21/h2-4,9-11H,5-8H2,1H3. The molecular formula is C17H17ClF3NO4. The summed E-state index contributed by atoms with van der Waals surface area (Å²) < 4.78 is 58.9. The van der Waals surface area contributed by atoms with Crippen LogP contribution in [0, 0.1) is 0 Å². The summed E-state index contributed by atoms with van der Waals surface area (Å²) in [4.78, 5) is 3.63. The molecule has 0 aliphatic carbocycles. The van der Waals surface area contributed by atoms with E-state index in [1.165, 1.54) is 0 Å². The number of methoxy groups -OCH3 is 1. The molecule has 0 atom stereocenters. The van der Waals surface area contributed by atoms with Crippen LogP contribution in [0.15, 0.2) is 36.5 Å². The number of pyridine rings is 1. The second-order valence-electron chi connectivity index (χ2n) is 5.04. The van der Waals surface area contributed by atoms with Gasteiger partial charge in [-0.2, -0.15) is 13.2 Å². The Labute approximate surface area is 153 Å². The fourth-order valence-electron chi connectivity index (χ4n) is 1.86. The molecule has 142 valence electrons. The molecule has 1 heterocycles. The van der Waals surface area contributed by atoms with Crippen molar-refractivity contribution in [2.45, 2.75) is 6.18 Å². The van der Waals surface area contributed by atoms with Crippen molar-refractivity contribution >= 4 is 11.6 Å². The summed E-state index contributed by atoms with van der Waals surface area (Å²) in [5, 5.41) is -0.238. The first-order valence-corrected chi connectivity index (χ1v) is 7.98. The van der Waals surface area contributed by atoms with Crippen LogP contribution in [0.5, 0.6) is 17.4 Å². The highest BCUT2D eigenvalue weighted by molar-refractivity contribution is 6.31. The zero-order chi connectivity index (χ0) is 19.0. The molecular weight excluding hydrogens is 375 g/mol. The molecule has 1 aromatic heterocycles. The lowest BCUT2D eigenvalue weighted by molar-refractivity contribution is -0.137. The van der Waals surface area contributed by atoms with Crippen LogP contribution in [0.1, 0.15) is 5.56 Å². The van der Waals surface area contributed by atoms with Gasteiger partial charge in [0, 0.05) is 19.4 Å². The first-order chi connectivity index (χ1) is 12.4. The number of rotatable bonds is 9. The molecule has 0 N–H and O–H groups in total. The van der Waals surface area contributed by atoms with E-state index in [1.807, 2.05) is 0 Å². The molecule has 0 spiro atoms. The quantitative estimate of drug-likeness (QED) is 0.585. The fourth-order valence-corrected chi connectivity index (χ4v) is 2.06. The van der Waals surface area contributed by atoms with E-state index in [4.69, 9.17) is 30.5 Å². The Hall–Kier alpha value is -2.03. The largest absolute Gasteiger partial charge is 0.491 e. The van der Waals surface area contributed by atoms with Crippen molar-refractivity contribution in [3.63, 3.8) is 0 Å². The third-order valence-corrected chi connectivity index (χ3v) is 3.35. The van der Waals surface area contributed by atoms with Crippen LogP contribution < -0.4 is 9.47 Å². The molecule has 0 aliphatic heterocycles. The number of hydrogen-bond donors (Lipinski definition) is 0. The van der Waals surface area contributed by atoms with Gasteiger partial charge in [0.25, 0.3) is 0 Å². The predicted molar refractivity (Wildman–Crippen MR) is 89.0 cm³/mol. The van der Waals surface area contributed by atoms with Crippen LogP contribution in [0.25, 0.3) is 0 Å². The van der Waals surface area contributed by atoms with Gasteiger partial charge >= 0.3 is 6.18 Å². The van der Waals surface area contributed by atoms with Crippen LogP contribution in [0.4, 0.5) is 13.2 Å². The Kier molecular flexibility index (Phi) is 7.50. The minimum atomic E-state index is -4.52. The highest BCUT2D eigenvalue weighted by Gasteiger charge is 2.31. The van der Waals surface area contributed by atoms with E-state index in [-0.39, 0.29) is 10.9 Å². The second-order valence-corrected chi connectivity index (χ2v) is 5.45. The predicted octanol–water partition coefficient (Wildman–Crippen LogP) is 4.59. The second kappa shape index (κ2) is 9.61. The Balaban J connectivity index is 1.94. The Morgan fingerprint density at radius 2 is 1.77 bits per heavy atom. The highest BCUT2D eigenvalue weighted by atomic mass is 35.5. The minimum Gasteiger partial charge on any atom is -0.491 e. The van der Waals surface area contributed by atoms with Gasteiger partial charge in [-0.3, -0.25) is 0 Å². The van der Waals surface area contributed by atoms with Crippen LogP contribution >= 0.6 is 11.6 Å². The van der Waals surface area contributed by atoms with Crippen molar-refractivity contribution < 1.29 is 32.1 Å². The molecule has 0 unspecified atom stereocenters. The zero-order valence-electron chi connectivity index (χ0n) is 13.9. The minimum absolute atomic E-state index is 0.125. The van der Waals surface area contributed by atoms with E-state index >= 15 is 0 Å². The molecule has 5 nitrogen and oxygen atoms in total. The summed E-state index contributed by atoms with van der Waals surface area (Å²) in [5.74, 6) is 0.720. The van der Waals surface area contributed by atoms with Gasteiger partial charge in [-0.05, 0) is 18.2 Å². The Morgan fingerprint density at radius 3 is 2.46 bits per heavy atom. The molecule has 9 heteroatoms. The van der Waals surface area contributed by atoms with Crippen LogP contribution in [-0.2, 0) is 15.7 Å². The fraction of sp³-hybridized carbons (Fsp3) is 0.353. The lowest BCUT2D eigenvalue weighted by atomic mass is 10.3. The summed E-state index contributed by atoms with van der Waals surface area (Å²) in [6.45, 7) is 1.69. The van der Waals surface area contributed by atoms with E-state index in [0.29, 0.717) is 44.1 Å². The average molecular weight is 392 g/mol. The molecule has 26 heavy (non-hydrogen) atoms. The zero-order valence-corrected chi connectivity index (χ0v) is 14.6. The Morgan fingerprint density at radius 1 is 1.04 bits per heavy atom. The molecule has 0 saturated heterocycles. The van der Waals surface area contributed by atoms with Crippen molar-refractivity contribution in [3.8, 4) is 17.4 Å². The molecule has 2 rings (SSSR count). The Bertz CT molecular complexity index is 713. The molecule has 0 radical (unpaired) electrons. The van der Waals surface area contributed by atoms with Crippen molar-refractivity contribution in [3.05, 3.63) is 47.1 Å². The molecule has 2 aromatic rings. The number of ether oxygens (including phenoxy) is 4. The summed E-state index contributed by atoms with van der Waals surface area (Å²) in [5.41, 5.74) is -0.944.